The molecule has 0 bridgehead atoms. The van der Waals surface area contributed by atoms with Crippen molar-refractivity contribution in [2.75, 3.05) is 0 Å². The van der Waals surface area contributed by atoms with Gasteiger partial charge >= 0.3 is 0 Å². The van der Waals surface area contributed by atoms with Crippen LogP contribution < -0.4 is 0 Å². The quantitative estimate of drug-likeness (QED) is 0.681. The average Bonchev–Trinajstić information content (AvgIpc) is 2.75. The van der Waals surface area contributed by atoms with Crippen molar-refractivity contribution in [3.05, 3.63) is 40.7 Å². The summed E-state index contributed by atoms with van der Waals surface area (Å²) in [7, 11) is 0. The van der Waals surface area contributed by atoms with E-state index in [2.05, 4.69) is 45.1 Å². The summed E-state index contributed by atoms with van der Waals surface area (Å²) in [5, 5.41) is 1.30. The predicted molar refractivity (Wildman–Crippen MR) is 67.8 cm³/mol. The van der Waals surface area contributed by atoms with Gasteiger partial charge in [0.25, 0.3) is 0 Å². The molecule has 0 unspecified atom stereocenters. The van der Waals surface area contributed by atoms with Gasteiger partial charge in [0.05, 0.1) is 0 Å². The van der Waals surface area contributed by atoms with E-state index in [1.54, 1.807) is 0 Å². The molecule has 1 aliphatic carbocycles. The summed E-state index contributed by atoms with van der Waals surface area (Å²) in [6.45, 7) is 6.62. The fourth-order valence-corrected chi connectivity index (χ4v) is 2.70. The van der Waals surface area contributed by atoms with E-state index >= 15 is 0 Å². The standard InChI is InChI=1S/C15H16O/c1-9(2)14-10(3)7-8-12-11-5-4-6-13(11)16-15(12)14/h4,6-9H,5H2,1-3H3. The minimum absolute atomic E-state index is 0.513. The maximum atomic E-state index is 6.00. The Kier molecular flexibility index (Phi) is 1.97. The Bertz CT molecular complexity index is 585. The van der Waals surface area contributed by atoms with Crippen molar-refractivity contribution >= 4 is 17.0 Å². The Morgan fingerprint density at radius 2 is 2.06 bits per heavy atom. The van der Waals surface area contributed by atoms with Crippen LogP contribution >= 0.6 is 0 Å². The molecule has 1 nitrogen and oxygen atoms in total. The molecule has 0 amide bonds. The second kappa shape index (κ2) is 3.24. The van der Waals surface area contributed by atoms with E-state index in [-0.39, 0.29) is 0 Å². The monoisotopic (exact) mass is 212 g/mol. The second-order valence-corrected chi connectivity index (χ2v) is 4.88. The van der Waals surface area contributed by atoms with Gasteiger partial charge in [0.15, 0.2) is 0 Å². The molecule has 0 radical (unpaired) electrons. The van der Waals surface area contributed by atoms with Gasteiger partial charge in [0.2, 0.25) is 0 Å². The molecular weight excluding hydrogens is 196 g/mol. The van der Waals surface area contributed by atoms with Gasteiger partial charge in [-0.3, -0.25) is 0 Å². The third kappa shape index (κ3) is 1.18. The maximum absolute atomic E-state index is 6.00. The highest BCUT2D eigenvalue weighted by Crippen LogP contribution is 2.37. The Morgan fingerprint density at radius 3 is 2.81 bits per heavy atom. The number of aryl methyl sites for hydroxylation is 1. The molecule has 0 fully saturated rings. The van der Waals surface area contributed by atoms with Crippen LogP contribution in [0.4, 0.5) is 0 Å². The Balaban J connectivity index is 2.40. The summed E-state index contributed by atoms with van der Waals surface area (Å²) >= 11 is 0. The highest BCUT2D eigenvalue weighted by Gasteiger charge is 2.19. The van der Waals surface area contributed by atoms with Crippen molar-refractivity contribution in [2.45, 2.75) is 33.1 Å². The van der Waals surface area contributed by atoms with Gasteiger partial charge in [-0.15, -0.1) is 0 Å². The van der Waals surface area contributed by atoms with Crippen molar-refractivity contribution in [3.63, 3.8) is 0 Å². The van der Waals surface area contributed by atoms with Crippen molar-refractivity contribution in [1.82, 2.24) is 0 Å². The number of furan rings is 1. The summed E-state index contributed by atoms with van der Waals surface area (Å²) in [6, 6.07) is 4.41. The Hall–Kier alpha value is -1.50. The molecule has 0 spiro atoms. The third-order valence-corrected chi connectivity index (χ3v) is 3.42. The van der Waals surface area contributed by atoms with Crippen LogP contribution in [0.3, 0.4) is 0 Å². The van der Waals surface area contributed by atoms with E-state index in [4.69, 9.17) is 4.42 Å². The van der Waals surface area contributed by atoms with Crippen molar-refractivity contribution in [1.29, 1.82) is 0 Å². The van der Waals surface area contributed by atoms with Crippen LogP contribution in [0, 0.1) is 6.92 Å². The summed E-state index contributed by atoms with van der Waals surface area (Å²) < 4.78 is 6.00. The van der Waals surface area contributed by atoms with Crippen LogP contribution in [-0.4, -0.2) is 0 Å². The van der Waals surface area contributed by atoms with Gasteiger partial charge in [0, 0.05) is 16.5 Å². The normalized spacial score (nSPS) is 14.0. The summed E-state index contributed by atoms with van der Waals surface area (Å²) in [6.07, 6.45) is 5.28. The number of benzene rings is 1. The molecular formula is C15H16O. The SMILES string of the molecule is Cc1ccc2c3c(oc2c1C(C)C)C=CC3. The van der Waals surface area contributed by atoms with E-state index in [1.165, 1.54) is 22.1 Å². The average molecular weight is 212 g/mol. The molecule has 0 aliphatic heterocycles. The Labute approximate surface area is 95.8 Å². The van der Waals surface area contributed by atoms with E-state index in [9.17, 15) is 0 Å². The van der Waals surface area contributed by atoms with Gasteiger partial charge in [-0.05, 0) is 30.9 Å². The zero-order chi connectivity index (χ0) is 11.3. The van der Waals surface area contributed by atoms with E-state index < -0.39 is 0 Å². The van der Waals surface area contributed by atoms with Gasteiger partial charge < -0.3 is 4.42 Å². The molecule has 0 saturated heterocycles. The fourth-order valence-electron chi connectivity index (χ4n) is 2.70. The first-order valence-electron chi connectivity index (χ1n) is 5.90. The van der Waals surface area contributed by atoms with Crippen LogP contribution in [-0.2, 0) is 6.42 Å². The van der Waals surface area contributed by atoms with Gasteiger partial charge in [0.1, 0.15) is 11.3 Å². The molecule has 16 heavy (non-hydrogen) atoms. The van der Waals surface area contributed by atoms with E-state index in [0.29, 0.717) is 5.92 Å². The lowest BCUT2D eigenvalue weighted by molar-refractivity contribution is 0.594. The van der Waals surface area contributed by atoms with Crippen LogP contribution in [0.5, 0.6) is 0 Å². The fraction of sp³-hybridized carbons (Fsp3) is 0.333. The third-order valence-electron chi connectivity index (χ3n) is 3.42. The van der Waals surface area contributed by atoms with E-state index in [1.807, 2.05) is 0 Å². The summed E-state index contributed by atoms with van der Waals surface area (Å²) in [4.78, 5) is 0. The first kappa shape index (κ1) is 9.71. The molecule has 1 heterocycles. The van der Waals surface area contributed by atoms with Crippen molar-refractivity contribution in [3.8, 4) is 0 Å². The minimum atomic E-state index is 0.513. The van der Waals surface area contributed by atoms with Crippen LogP contribution in [0.15, 0.2) is 22.6 Å². The van der Waals surface area contributed by atoms with Crippen LogP contribution in [0.1, 0.15) is 42.2 Å². The molecule has 1 aromatic carbocycles. The van der Waals surface area contributed by atoms with Gasteiger partial charge in [-0.25, -0.2) is 0 Å². The number of fused-ring (bicyclic) bond motifs is 3. The lowest BCUT2D eigenvalue weighted by atomic mass is 9.95. The molecule has 3 rings (SSSR count). The number of rotatable bonds is 1. The predicted octanol–water partition coefficient (Wildman–Crippen LogP) is 4.43. The van der Waals surface area contributed by atoms with E-state index in [0.717, 1.165) is 17.8 Å². The zero-order valence-electron chi connectivity index (χ0n) is 10.0. The molecule has 1 aliphatic rings. The largest absolute Gasteiger partial charge is 0.456 e. The maximum Gasteiger partial charge on any atom is 0.138 e. The van der Waals surface area contributed by atoms with Gasteiger partial charge in [-0.1, -0.05) is 32.1 Å². The number of hydrogen-bond acceptors (Lipinski definition) is 1. The molecule has 1 heteroatoms. The first-order chi connectivity index (χ1) is 7.68. The summed E-state index contributed by atoms with van der Waals surface area (Å²) in [5.41, 5.74) is 5.15. The minimum Gasteiger partial charge on any atom is -0.456 e. The lowest BCUT2D eigenvalue weighted by Crippen LogP contribution is -1.92. The van der Waals surface area contributed by atoms with Crippen molar-refractivity contribution < 1.29 is 4.42 Å². The number of allylic oxidation sites excluding steroid dienone is 1. The molecule has 82 valence electrons. The van der Waals surface area contributed by atoms with Crippen molar-refractivity contribution in [2.24, 2.45) is 0 Å². The smallest absolute Gasteiger partial charge is 0.138 e. The summed E-state index contributed by atoms with van der Waals surface area (Å²) in [5.74, 6) is 1.57. The van der Waals surface area contributed by atoms with Crippen LogP contribution in [0.2, 0.25) is 0 Å². The molecule has 1 aromatic heterocycles. The molecule has 0 saturated carbocycles. The topological polar surface area (TPSA) is 13.1 Å². The number of hydrogen-bond donors (Lipinski definition) is 0. The van der Waals surface area contributed by atoms with Crippen LogP contribution in [0.25, 0.3) is 17.0 Å². The highest BCUT2D eigenvalue weighted by atomic mass is 16.3. The highest BCUT2D eigenvalue weighted by molar-refractivity contribution is 5.89. The van der Waals surface area contributed by atoms with Gasteiger partial charge in [-0.2, -0.15) is 0 Å². The second-order valence-electron chi connectivity index (χ2n) is 4.88. The first-order valence-corrected chi connectivity index (χ1v) is 5.90. The zero-order valence-corrected chi connectivity index (χ0v) is 10.0. The molecule has 2 aromatic rings. The molecule has 0 N–H and O–H groups in total. The molecule has 0 atom stereocenters. The Morgan fingerprint density at radius 1 is 1.25 bits per heavy atom. The lowest BCUT2D eigenvalue weighted by Gasteiger charge is -2.10.